The average Bonchev–Trinajstić information content (AvgIpc) is 2.49. The van der Waals surface area contributed by atoms with Crippen LogP contribution in [0.15, 0.2) is 42.5 Å². The van der Waals surface area contributed by atoms with Crippen LogP contribution in [0.25, 0.3) is 0 Å². The van der Waals surface area contributed by atoms with Gasteiger partial charge in [-0.2, -0.15) is 0 Å². The van der Waals surface area contributed by atoms with Gasteiger partial charge < -0.3 is 9.84 Å². The minimum atomic E-state index is -0.811. The topological polar surface area (TPSA) is 46.5 Å². The molecule has 0 aliphatic rings. The van der Waals surface area contributed by atoms with E-state index in [9.17, 15) is 9.90 Å². The lowest BCUT2D eigenvalue weighted by molar-refractivity contribution is -0.138. The second-order valence-corrected chi connectivity index (χ2v) is 5.48. The third kappa shape index (κ3) is 3.67. The molecule has 2 aromatic rings. The van der Waals surface area contributed by atoms with Crippen molar-refractivity contribution in [1.29, 1.82) is 0 Å². The van der Waals surface area contributed by atoms with Gasteiger partial charge in [0.2, 0.25) is 0 Å². The Kier molecular flexibility index (Phi) is 5.21. The summed E-state index contributed by atoms with van der Waals surface area (Å²) in [4.78, 5) is 11.7. The number of aryl methyl sites for hydroxylation is 2. The molecule has 0 aromatic heterocycles. The van der Waals surface area contributed by atoms with Gasteiger partial charge in [0.15, 0.2) is 0 Å². The first-order chi connectivity index (χ1) is 10.5. The minimum Gasteiger partial charge on any atom is -0.494 e. The molecule has 0 saturated carbocycles. The van der Waals surface area contributed by atoms with Crippen LogP contribution in [-0.4, -0.2) is 17.7 Å². The van der Waals surface area contributed by atoms with Gasteiger partial charge in [0.05, 0.1) is 12.5 Å². The summed E-state index contributed by atoms with van der Waals surface area (Å²) >= 11 is 0. The van der Waals surface area contributed by atoms with Crippen LogP contribution >= 0.6 is 0 Å². The van der Waals surface area contributed by atoms with Crippen LogP contribution in [0.2, 0.25) is 0 Å². The van der Waals surface area contributed by atoms with E-state index in [1.54, 1.807) is 0 Å². The third-order valence-corrected chi connectivity index (χ3v) is 3.93. The van der Waals surface area contributed by atoms with Crippen LogP contribution in [0.5, 0.6) is 5.75 Å². The molecule has 0 fully saturated rings. The first-order valence-corrected chi connectivity index (χ1v) is 7.53. The Bertz CT molecular complexity index is 661. The van der Waals surface area contributed by atoms with Gasteiger partial charge in [-0.15, -0.1) is 0 Å². The highest BCUT2D eigenvalue weighted by molar-refractivity contribution is 5.77. The largest absolute Gasteiger partial charge is 0.494 e. The van der Waals surface area contributed by atoms with Crippen LogP contribution in [0, 0.1) is 13.8 Å². The fourth-order valence-electron chi connectivity index (χ4n) is 2.52. The standard InChI is InChI=1S/C19H22O3/c1-4-22-18-8-6-5-7-16(18)12-17(19(20)21)15-10-9-13(2)14(3)11-15/h5-11,17H,4,12H2,1-3H3,(H,20,21). The smallest absolute Gasteiger partial charge is 0.311 e. The zero-order chi connectivity index (χ0) is 16.1. The maximum atomic E-state index is 11.7. The summed E-state index contributed by atoms with van der Waals surface area (Å²) in [6.07, 6.45) is 0.425. The Balaban J connectivity index is 2.33. The highest BCUT2D eigenvalue weighted by Gasteiger charge is 2.22. The van der Waals surface area contributed by atoms with E-state index < -0.39 is 11.9 Å². The van der Waals surface area contributed by atoms with Crippen molar-refractivity contribution in [2.45, 2.75) is 33.1 Å². The molecule has 0 saturated heterocycles. The second kappa shape index (κ2) is 7.12. The number of carboxylic acids is 1. The molecule has 116 valence electrons. The lowest BCUT2D eigenvalue weighted by Gasteiger charge is -2.17. The van der Waals surface area contributed by atoms with Gasteiger partial charge in [-0.05, 0) is 55.5 Å². The highest BCUT2D eigenvalue weighted by atomic mass is 16.5. The van der Waals surface area contributed by atoms with E-state index in [1.165, 1.54) is 5.56 Å². The predicted molar refractivity (Wildman–Crippen MR) is 87.6 cm³/mol. The van der Waals surface area contributed by atoms with Crippen LogP contribution in [0.4, 0.5) is 0 Å². The predicted octanol–water partition coefficient (Wildman–Crippen LogP) is 4.11. The van der Waals surface area contributed by atoms with Crippen molar-refractivity contribution in [3.8, 4) is 5.75 Å². The molecule has 0 radical (unpaired) electrons. The molecule has 1 atom stereocenters. The molecule has 3 heteroatoms. The molecular weight excluding hydrogens is 276 g/mol. The van der Waals surface area contributed by atoms with E-state index >= 15 is 0 Å². The zero-order valence-electron chi connectivity index (χ0n) is 13.3. The number of aliphatic carboxylic acids is 1. The van der Waals surface area contributed by atoms with Crippen LogP contribution in [-0.2, 0) is 11.2 Å². The number of carbonyl (C=O) groups is 1. The lowest BCUT2D eigenvalue weighted by Crippen LogP contribution is -2.15. The van der Waals surface area contributed by atoms with E-state index in [2.05, 4.69) is 0 Å². The summed E-state index contributed by atoms with van der Waals surface area (Å²) in [5.41, 5.74) is 4.04. The normalized spacial score (nSPS) is 12.0. The van der Waals surface area contributed by atoms with Gasteiger partial charge in [-0.1, -0.05) is 36.4 Å². The molecule has 22 heavy (non-hydrogen) atoms. The number of ether oxygens (including phenoxy) is 1. The number of hydrogen-bond donors (Lipinski definition) is 1. The summed E-state index contributed by atoms with van der Waals surface area (Å²) in [7, 11) is 0. The molecule has 2 rings (SSSR count). The summed E-state index contributed by atoms with van der Waals surface area (Å²) < 4.78 is 5.60. The van der Waals surface area contributed by atoms with Crippen molar-refractivity contribution in [2.75, 3.05) is 6.61 Å². The zero-order valence-corrected chi connectivity index (χ0v) is 13.3. The fourth-order valence-corrected chi connectivity index (χ4v) is 2.52. The lowest BCUT2D eigenvalue weighted by atomic mass is 9.90. The van der Waals surface area contributed by atoms with Crippen molar-refractivity contribution in [2.24, 2.45) is 0 Å². The molecule has 1 unspecified atom stereocenters. The molecule has 2 aromatic carbocycles. The van der Waals surface area contributed by atoms with Gasteiger partial charge in [-0.25, -0.2) is 0 Å². The van der Waals surface area contributed by atoms with Gasteiger partial charge in [0, 0.05) is 0 Å². The van der Waals surface area contributed by atoms with E-state index in [4.69, 9.17) is 4.74 Å². The summed E-state index contributed by atoms with van der Waals surface area (Å²) in [5, 5.41) is 9.63. The monoisotopic (exact) mass is 298 g/mol. The Morgan fingerprint density at radius 3 is 2.50 bits per heavy atom. The average molecular weight is 298 g/mol. The van der Waals surface area contributed by atoms with Crippen molar-refractivity contribution >= 4 is 5.97 Å². The molecule has 1 N–H and O–H groups in total. The van der Waals surface area contributed by atoms with Crippen molar-refractivity contribution < 1.29 is 14.6 Å². The third-order valence-electron chi connectivity index (χ3n) is 3.93. The molecule has 0 spiro atoms. The molecule has 0 aliphatic heterocycles. The highest BCUT2D eigenvalue weighted by Crippen LogP contribution is 2.28. The van der Waals surface area contributed by atoms with E-state index in [-0.39, 0.29) is 0 Å². The molecule has 0 amide bonds. The van der Waals surface area contributed by atoms with Crippen molar-refractivity contribution in [1.82, 2.24) is 0 Å². The second-order valence-electron chi connectivity index (χ2n) is 5.48. The molecule has 3 nitrogen and oxygen atoms in total. The first-order valence-electron chi connectivity index (χ1n) is 7.53. The number of hydrogen-bond acceptors (Lipinski definition) is 2. The molecule has 0 aliphatic carbocycles. The number of rotatable bonds is 6. The molecular formula is C19H22O3. The van der Waals surface area contributed by atoms with Gasteiger partial charge in [0.1, 0.15) is 5.75 Å². The maximum absolute atomic E-state index is 11.7. The molecule has 0 bridgehead atoms. The Hall–Kier alpha value is -2.29. The van der Waals surface area contributed by atoms with Gasteiger partial charge >= 0.3 is 5.97 Å². The Morgan fingerprint density at radius 2 is 1.86 bits per heavy atom. The van der Waals surface area contributed by atoms with E-state index in [1.807, 2.05) is 63.2 Å². The molecule has 0 heterocycles. The van der Waals surface area contributed by atoms with Crippen LogP contribution in [0.3, 0.4) is 0 Å². The van der Waals surface area contributed by atoms with Gasteiger partial charge in [0.25, 0.3) is 0 Å². The van der Waals surface area contributed by atoms with Crippen LogP contribution < -0.4 is 4.74 Å². The number of carboxylic acid groups (broad SMARTS) is 1. The Morgan fingerprint density at radius 1 is 1.14 bits per heavy atom. The van der Waals surface area contributed by atoms with Crippen molar-refractivity contribution in [3.63, 3.8) is 0 Å². The van der Waals surface area contributed by atoms with E-state index in [0.29, 0.717) is 13.0 Å². The first kappa shape index (κ1) is 16.1. The summed E-state index contributed by atoms with van der Waals surface area (Å²) in [6.45, 7) is 6.53. The van der Waals surface area contributed by atoms with Crippen molar-refractivity contribution in [3.05, 3.63) is 64.7 Å². The van der Waals surface area contributed by atoms with E-state index in [0.717, 1.165) is 22.4 Å². The SMILES string of the molecule is CCOc1ccccc1CC(C(=O)O)c1ccc(C)c(C)c1. The maximum Gasteiger partial charge on any atom is 0.311 e. The number of para-hydroxylation sites is 1. The van der Waals surface area contributed by atoms with Crippen LogP contribution in [0.1, 0.15) is 35.1 Å². The quantitative estimate of drug-likeness (QED) is 0.873. The number of benzene rings is 2. The van der Waals surface area contributed by atoms with Gasteiger partial charge in [-0.3, -0.25) is 4.79 Å². The summed E-state index contributed by atoms with van der Waals surface area (Å²) in [5.74, 6) is -0.615. The minimum absolute atomic E-state index is 0.425. The Labute approximate surface area is 131 Å². The fraction of sp³-hybridized carbons (Fsp3) is 0.316. The summed E-state index contributed by atoms with van der Waals surface area (Å²) in [6, 6.07) is 13.5.